The van der Waals surface area contributed by atoms with Crippen LogP contribution in [0.1, 0.15) is 31.2 Å². The molecule has 2 fully saturated rings. The highest BCUT2D eigenvalue weighted by molar-refractivity contribution is 7.98. The third kappa shape index (κ3) is 3.76. The summed E-state index contributed by atoms with van der Waals surface area (Å²) in [5.74, 6) is 0.599. The number of hydrogen-bond donors (Lipinski definition) is 1. The summed E-state index contributed by atoms with van der Waals surface area (Å²) in [6, 6.07) is 1.99. The highest BCUT2D eigenvalue weighted by Gasteiger charge is 2.37. The Hall–Kier alpha value is -1.37. The number of rotatable bonds is 5. The van der Waals surface area contributed by atoms with Crippen LogP contribution in [-0.2, 0) is 10.0 Å². The zero-order valence-electron chi connectivity index (χ0n) is 12.9. The zero-order chi connectivity index (χ0) is 16.4. The molecule has 1 aliphatic heterocycles. The molecule has 124 valence electrons. The average molecular weight is 353 g/mol. The molecule has 1 saturated heterocycles. The third-order valence-corrected chi connectivity index (χ3v) is 6.64. The van der Waals surface area contributed by atoms with Gasteiger partial charge in [-0.05, 0) is 31.9 Å². The molecule has 1 unspecified atom stereocenters. The summed E-state index contributed by atoms with van der Waals surface area (Å²) in [6.07, 6.45) is 6.60. The van der Waals surface area contributed by atoms with E-state index >= 15 is 0 Å². The Morgan fingerprint density at radius 2 is 2.22 bits per heavy atom. The van der Waals surface area contributed by atoms with E-state index in [0.29, 0.717) is 23.1 Å². The van der Waals surface area contributed by atoms with E-state index in [1.54, 1.807) is 0 Å². The average Bonchev–Trinajstić information content (AvgIpc) is 3.39. The molecule has 1 aromatic heterocycles. The number of thioether (sulfide) groups is 1. The van der Waals surface area contributed by atoms with E-state index in [4.69, 9.17) is 0 Å². The van der Waals surface area contributed by atoms with Crippen molar-refractivity contribution < 1.29 is 8.42 Å². The lowest BCUT2D eigenvalue weighted by Gasteiger charge is -2.34. The van der Waals surface area contributed by atoms with Gasteiger partial charge < -0.3 is 4.90 Å². The summed E-state index contributed by atoms with van der Waals surface area (Å²) in [5.41, 5.74) is 0.425. The molecule has 9 heteroatoms. The van der Waals surface area contributed by atoms with Crippen molar-refractivity contribution in [1.29, 1.82) is 5.26 Å². The smallest absolute Gasteiger partial charge is 0.214 e. The second kappa shape index (κ2) is 6.63. The van der Waals surface area contributed by atoms with Gasteiger partial charge in [-0.2, -0.15) is 5.26 Å². The Labute approximate surface area is 140 Å². The number of nitrogens with zero attached hydrogens (tertiary/aromatic N) is 4. The van der Waals surface area contributed by atoms with Gasteiger partial charge in [0, 0.05) is 19.1 Å². The maximum absolute atomic E-state index is 12.1. The Kier molecular flexibility index (Phi) is 4.75. The van der Waals surface area contributed by atoms with Crippen LogP contribution in [0.3, 0.4) is 0 Å². The van der Waals surface area contributed by atoms with E-state index in [1.165, 1.54) is 18.0 Å². The fraction of sp³-hybridized carbons (Fsp3) is 0.643. The predicted molar refractivity (Wildman–Crippen MR) is 88.8 cm³/mol. The molecule has 0 aromatic carbocycles. The molecule has 23 heavy (non-hydrogen) atoms. The van der Waals surface area contributed by atoms with Crippen molar-refractivity contribution in [3.8, 4) is 6.07 Å². The molecule has 2 aliphatic rings. The molecular weight excluding hydrogens is 334 g/mol. The summed E-state index contributed by atoms with van der Waals surface area (Å²) in [4.78, 5) is 10.6. The van der Waals surface area contributed by atoms with Gasteiger partial charge in [-0.25, -0.2) is 23.1 Å². The van der Waals surface area contributed by atoms with Crippen LogP contribution < -0.4 is 9.62 Å². The summed E-state index contributed by atoms with van der Waals surface area (Å²) in [6.45, 7) is 1.30. The van der Waals surface area contributed by atoms with E-state index in [2.05, 4.69) is 20.8 Å². The lowest BCUT2D eigenvalue weighted by atomic mass is 10.1. The molecule has 0 spiro atoms. The van der Waals surface area contributed by atoms with E-state index < -0.39 is 10.0 Å². The van der Waals surface area contributed by atoms with E-state index in [1.807, 2.05) is 11.2 Å². The van der Waals surface area contributed by atoms with Gasteiger partial charge in [0.2, 0.25) is 10.0 Å². The van der Waals surface area contributed by atoms with E-state index in [9.17, 15) is 13.7 Å². The van der Waals surface area contributed by atoms with Gasteiger partial charge in [-0.3, -0.25) is 0 Å². The lowest BCUT2D eigenvalue weighted by molar-refractivity contribution is 0.462. The van der Waals surface area contributed by atoms with Crippen LogP contribution in [0.5, 0.6) is 0 Å². The Bertz CT molecular complexity index is 727. The van der Waals surface area contributed by atoms with Gasteiger partial charge in [0.1, 0.15) is 11.6 Å². The molecule has 0 radical (unpaired) electrons. The van der Waals surface area contributed by atoms with Gasteiger partial charge in [0.05, 0.1) is 11.4 Å². The summed E-state index contributed by atoms with van der Waals surface area (Å²) in [5, 5.41) is 9.67. The topological polar surface area (TPSA) is 99.0 Å². The Balaban J connectivity index is 1.77. The van der Waals surface area contributed by atoms with Gasteiger partial charge in [-0.15, -0.1) is 0 Å². The second-order valence-electron chi connectivity index (χ2n) is 5.85. The highest BCUT2D eigenvalue weighted by atomic mass is 32.2. The fourth-order valence-corrected chi connectivity index (χ4v) is 4.69. The molecule has 1 aromatic rings. The van der Waals surface area contributed by atoms with Crippen molar-refractivity contribution in [2.75, 3.05) is 24.2 Å². The van der Waals surface area contributed by atoms with Crippen molar-refractivity contribution in [3.63, 3.8) is 0 Å². The molecule has 0 bridgehead atoms. The first-order valence-corrected chi connectivity index (χ1v) is 10.4. The number of nitriles is 1. The first-order chi connectivity index (χ1) is 11.0. The summed E-state index contributed by atoms with van der Waals surface area (Å²) >= 11 is 1.42. The predicted octanol–water partition coefficient (Wildman–Crippen LogP) is 1.12. The minimum atomic E-state index is -3.20. The van der Waals surface area contributed by atoms with Crippen LogP contribution in [0, 0.1) is 11.3 Å². The van der Waals surface area contributed by atoms with Crippen LogP contribution in [0.25, 0.3) is 0 Å². The number of nitrogens with one attached hydrogen (secondary N) is 1. The van der Waals surface area contributed by atoms with E-state index in [-0.39, 0.29) is 11.3 Å². The van der Waals surface area contributed by atoms with Crippen molar-refractivity contribution >= 4 is 27.6 Å². The minimum absolute atomic E-state index is 0.131. The second-order valence-corrected chi connectivity index (χ2v) is 8.62. The van der Waals surface area contributed by atoms with Gasteiger partial charge in [-0.1, -0.05) is 11.8 Å². The lowest BCUT2D eigenvalue weighted by Crippen LogP contribution is -2.49. The first kappa shape index (κ1) is 16.5. The van der Waals surface area contributed by atoms with Gasteiger partial charge in [0.25, 0.3) is 0 Å². The van der Waals surface area contributed by atoms with E-state index in [0.717, 1.165) is 32.2 Å². The van der Waals surface area contributed by atoms with Crippen LogP contribution in [0.4, 0.5) is 5.82 Å². The minimum Gasteiger partial charge on any atom is -0.354 e. The molecule has 1 saturated carbocycles. The number of aromatic nitrogens is 2. The Morgan fingerprint density at radius 3 is 2.87 bits per heavy atom. The van der Waals surface area contributed by atoms with Crippen molar-refractivity contribution in [1.82, 2.24) is 14.7 Å². The molecular formula is C14H19N5O2S2. The first-order valence-electron chi connectivity index (χ1n) is 7.60. The van der Waals surface area contributed by atoms with Crippen molar-refractivity contribution in [3.05, 3.63) is 11.8 Å². The molecule has 1 atom stereocenters. The summed E-state index contributed by atoms with van der Waals surface area (Å²) in [7, 11) is -3.20. The van der Waals surface area contributed by atoms with Crippen molar-refractivity contribution in [2.45, 2.75) is 42.1 Å². The fourth-order valence-electron chi connectivity index (χ4n) is 2.75. The number of hydrogen-bond acceptors (Lipinski definition) is 7. The van der Waals surface area contributed by atoms with Crippen LogP contribution in [-0.4, -0.2) is 49.0 Å². The maximum Gasteiger partial charge on any atom is 0.214 e. The number of piperidine rings is 1. The standard InChI is InChI=1S/C14H19N5O2S2/c1-22-14-16-8-10(7-15)13(17-14)19-6-2-3-11(9-19)18-23(20,21)12-4-5-12/h8,11-12,18H,2-6,9H2,1H3. The zero-order valence-corrected chi connectivity index (χ0v) is 14.5. The number of anilines is 1. The molecule has 1 aliphatic carbocycles. The molecule has 2 heterocycles. The highest BCUT2D eigenvalue weighted by Crippen LogP contribution is 2.29. The van der Waals surface area contributed by atoms with Gasteiger partial charge >= 0.3 is 0 Å². The quantitative estimate of drug-likeness (QED) is 0.625. The molecule has 1 N–H and O–H groups in total. The number of sulfonamides is 1. The maximum atomic E-state index is 12.1. The largest absolute Gasteiger partial charge is 0.354 e. The van der Waals surface area contributed by atoms with Crippen LogP contribution in [0.15, 0.2) is 11.4 Å². The summed E-state index contributed by atoms with van der Waals surface area (Å²) < 4.78 is 27.1. The molecule has 7 nitrogen and oxygen atoms in total. The Morgan fingerprint density at radius 1 is 1.43 bits per heavy atom. The molecule has 3 rings (SSSR count). The monoisotopic (exact) mass is 353 g/mol. The SMILES string of the molecule is CSc1ncc(C#N)c(N2CCCC(NS(=O)(=O)C3CC3)C2)n1. The van der Waals surface area contributed by atoms with Crippen LogP contribution >= 0.6 is 11.8 Å². The molecule has 0 amide bonds. The van der Waals surface area contributed by atoms with Crippen molar-refractivity contribution in [2.24, 2.45) is 0 Å². The third-order valence-electron chi connectivity index (χ3n) is 4.06. The normalized spacial score (nSPS) is 21.9. The van der Waals surface area contributed by atoms with Gasteiger partial charge in [0.15, 0.2) is 11.0 Å². The van der Waals surface area contributed by atoms with Crippen LogP contribution in [0.2, 0.25) is 0 Å².